The average molecular weight is 635 g/mol. The van der Waals surface area contributed by atoms with E-state index in [-0.39, 0.29) is 27.2 Å². The zero-order chi connectivity index (χ0) is 28.5. The van der Waals surface area contributed by atoms with Gasteiger partial charge in [-0.05, 0) is 95.5 Å². The summed E-state index contributed by atoms with van der Waals surface area (Å²) < 4.78 is 0. The third kappa shape index (κ3) is 14.3. The van der Waals surface area contributed by atoms with E-state index in [1.807, 2.05) is 24.3 Å². The molecule has 0 fully saturated rings. The number of unbranched alkanes of at least 4 members (excludes halogenated alkanes) is 4. The van der Waals surface area contributed by atoms with Crippen LogP contribution in [-0.4, -0.2) is 45.0 Å². The van der Waals surface area contributed by atoms with Crippen molar-refractivity contribution in [1.29, 1.82) is 0 Å². The zero-order valence-electron chi connectivity index (χ0n) is 25.6. The second kappa shape index (κ2) is 23.4. The average Bonchev–Trinajstić information content (AvgIpc) is 2.96. The number of benzene rings is 4. The molecule has 4 aromatic carbocycles. The van der Waals surface area contributed by atoms with Gasteiger partial charge < -0.3 is 20.4 Å². The SMILES string of the molecule is CCCCP(O)CCCC.CCCCP(O)CCCC.O.Oc1cccc2ccc3cc4ccccc4cc3c12.[Ti]. The van der Waals surface area contributed by atoms with Gasteiger partial charge >= 0.3 is 0 Å². The molecule has 0 radical (unpaired) electrons. The Morgan fingerprint density at radius 1 is 0.537 bits per heavy atom. The molecule has 7 heteroatoms. The third-order valence-corrected chi connectivity index (χ3v) is 10.1. The van der Waals surface area contributed by atoms with Gasteiger partial charge in [0.25, 0.3) is 0 Å². The van der Waals surface area contributed by atoms with Gasteiger partial charge in [0.15, 0.2) is 0 Å². The van der Waals surface area contributed by atoms with Crippen LogP contribution in [0.1, 0.15) is 79.1 Å². The molecular formula is C34H52O4P2Ti. The Hall–Kier alpha value is -1.09. The van der Waals surface area contributed by atoms with Crippen LogP contribution in [0.2, 0.25) is 0 Å². The van der Waals surface area contributed by atoms with Crippen LogP contribution in [0.5, 0.6) is 5.75 Å². The summed E-state index contributed by atoms with van der Waals surface area (Å²) in [6.07, 6.45) is 13.9. The summed E-state index contributed by atoms with van der Waals surface area (Å²) in [5, 5.41) is 16.8. The monoisotopic (exact) mass is 634 g/mol. The molecule has 0 amide bonds. The van der Waals surface area contributed by atoms with E-state index < -0.39 is 16.3 Å². The van der Waals surface area contributed by atoms with Crippen LogP contribution in [-0.2, 0) is 21.7 Å². The molecule has 5 N–H and O–H groups in total. The van der Waals surface area contributed by atoms with Gasteiger partial charge in [0.05, 0.1) is 0 Å². The van der Waals surface area contributed by atoms with Gasteiger partial charge in [-0.25, -0.2) is 0 Å². The third-order valence-electron chi connectivity index (χ3n) is 6.78. The summed E-state index contributed by atoms with van der Waals surface area (Å²) in [6, 6.07) is 22.5. The molecule has 0 atom stereocenters. The molecule has 0 aliphatic rings. The summed E-state index contributed by atoms with van der Waals surface area (Å²) >= 11 is 0. The fourth-order valence-corrected chi connectivity index (χ4v) is 7.54. The van der Waals surface area contributed by atoms with Crippen LogP contribution < -0.4 is 0 Å². The Balaban J connectivity index is 0.000000632. The smallest absolute Gasteiger partial charge is 0.124 e. The minimum Gasteiger partial charge on any atom is -0.507 e. The van der Waals surface area contributed by atoms with Crippen LogP contribution in [0.4, 0.5) is 0 Å². The molecule has 0 bridgehead atoms. The number of hydrogen-bond acceptors (Lipinski definition) is 3. The number of phenolic OH excluding ortho intramolecular Hbond substituents is 1. The van der Waals surface area contributed by atoms with E-state index in [9.17, 15) is 14.9 Å². The van der Waals surface area contributed by atoms with E-state index in [2.05, 4.69) is 64.1 Å². The van der Waals surface area contributed by atoms with Gasteiger partial charge in [-0.3, -0.25) is 0 Å². The molecule has 0 saturated carbocycles. The number of fused-ring (bicyclic) bond motifs is 4. The topological polar surface area (TPSA) is 92.2 Å². The molecule has 4 aromatic rings. The quantitative estimate of drug-likeness (QED) is 0.0627. The molecule has 0 aliphatic carbocycles. The van der Waals surface area contributed by atoms with E-state index in [0.717, 1.165) is 46.2 Å². The largest absolute Gasteiger partial charge is 0.507 e. The van der Waals surface area contributed by atoms with Crippen molar-refractivity contribution in [2.24, 2.45) is 0 Å². The van der Waals surface area contributed by atoms with Crippen molar-refractivity contribution in [3.05, 3.63) is 66.7 Å². The molecular weight excluding hydrogens is 582 g/mol. The predicted octanol–water partition coefficient (Wildman–Crippen LogP) is 9.98. The Labute approximate surface area is 265 Å². The Morgan fingerprint density at radius 3 is 1.41 bits per heavy atom. The Morgan fingerprint density at radius 2 is 0.951 bits per heavy atom. The van der Waals surface area contributed by atoms with Crippen LogP contribution in [0, 0.1) is 0 Å². The van der Waals surface area contributed by atoms with Crippen molar-refractivity contribution in [1.82, 2.24) is 0 Å². The molecule has 0 saturated heterocycles. The minimum atomic E-state index is -0.592. The summed E-state index contributed by atoms with van der Waals surface area (Å²) in [6.45, 7) is 8.68. The molecule has 0 heterocycles. The fraction of sp³-hybridized carbons (Fsp3) is 0.471. The molecule has 4 rings (SSSR count). The van der Waals surface area contributed by atoms with Crippen LogP contribution >= 0.6 is 16.3 Å². The molecule has 0 aromatic heterocycles. The fourth-order valence-electron chi connectivity index (χ4n) is 4.37. The van der Waals surface area contributed by atoms with E-state index in [1.54, 1.807) is 6.07 Å². The number of rotatable bonds is 12. The van der Waals surface area contributed by atoms with Crippen molar-refractivity contribution in [3.63, 3.8) is 0 Å². The first-order valence-electron chi connectivity index (χ1n) is 14.9. The number of aromatic hydroxyl groups is 1. The first-order chi connectivity index (χ1) is 18.9. The van der Waals surface area contributed by atoms with E-state index in [4.69, 9.17) is 0 Å². The van der Waals surface area contributed by atoms with Gasteiger partial charge in [-0.1, -0.05) is 102 Å². The van der Waals surface area contributed by atoms with E-state index >= 15 is 0 Å². The van der Waals surface area contributed by atoms with E-state index in [1.165, 1.54) is 62.1 Å². The first-order valence-corrected chi connectivity index (χ1v) is 18.2. The van der Waals surface area contributed by atoms with Gasteiger partial charge in [-0.15, -0.1) is 0 Å². The summed E-state index contributed by atoms with van der Waals surface area (Å²) in [7, 11) is -1.18. The normalized spacial score (nSPS) is 10.5. The molecule has 0 spiro atoms. The predicted molar refractivity (Wildman–Crippen MR) is 182 cm³/mol. The second-order valence-electron chi connectivity index (χ2n) is 10.2. The van der Waals surface area contributed by atoms with Crippen LogP contribution in [0.25, 0.3) is 32.3 Å². The maximum absolute atomic E-state index is 10.1. The van der Waals surface area contributed by atoms with Crippen molar-refractivity contribution < 1.29 is 42.1 Å². The van der Waals surface area contributed by atoms with Gasteiger partial charge in [-0.2, -0.15) is 0 Å². The van der Waals surface area contributed by atoms with E-state index in [0.29, 0.717) is 5.75 Å². The Kier molecular flexibility index (Phi) is 22.8. The minimum absolute atomic E-state index is 0. The maximum Gasteiger partial charge on any atom is 0.124 e. The summed E-state index contributed by atoms with van der Waals surface area (Å²) in [5.74, 6) is 0.346. The molecule has 0 unspecified atom stereocenters. The van der Waals surface area contributed by atoms with Crippen LogP contribution in [0.3, 0.4) is 0 Å². The van der Waals surface area contributed by atoms with Gasteiger partial charge in [0, 0.05) is 43.4 Å². The van der Waals surface area contributed by atoms with Crippen molar-refractivity contribution in [2.75, 3.05) is 24.6 Å². The molecule has 0 aliphatic heterocycles. The zero-order valence-corrected chi connectivity index (χ0v) is 28.9. The molecule has 41 heavy (non-hydrogen) atoms. The standard InChI is InChI=1S/C18H12O.2C8H19OP.H2O.Ti/c19-17-7-3-6-12-8-9-15-10-13-4-1-2-5-14(13)11-16(15)18(12)17;2*1-3-5-7-10(9)8-6-4-2;;/h1-11,19H;2*9H,3-8H2,1-2H3;1H2;. The van der Waals surface area contributed by atoms with Crippen molar-refractivity contribution in [3.8, 4) is 5.75 Å². The summed E-state index contributed by atoms with van der Waals surface area (Å²) in [5.41, 5.74) is 0. The van der Waals surface area contributed by atoms with Crippen molar-refractivity contribution >= 4 is 48.6 Å². The van der Waals surface area contributed by atoms with Gasteiger partial charge in [0.2, 0.25) is 0 Å². The van der Waals surface area contributed by atoms with Crippen LogP contribution in [0.15, 0.2) is 66.7 Å². The molecule has 4 nitrogen and oxygen atoms in total. The first kappa shape index (κ1) is 39.9. The molecule has 226 valence electrons. The van der Waals surface area contributed by atoms with Crippen molar-refractivity contribution in [2.45, 2.75) is 79.1 Å². The maximum atomic E-state index is 10.1. The van der Waals surface area contributed by atoms with Gasteiger partial charge in [0.1, 0.15) is 5.75 Å². The number of phenols is 1. The second-order valence-corrected chi connectivity index (χ2v) is 14.0. The summed E-state index contributed by atoms with van der Waals surface area (Å²) in [4.78, 5) is 18.8. The Bertz CT molecular complexity index is 1200. The number of hydrogen-bond donors (Lipinski definition) is 3.